The van der Waals surface area contributed by atoms with Crippen LogP contribution >= 0.6 is 11.6 Å². The van der Waals surface area contributed by atoms with Gasteiger partial charge in [0, 0.05) is 10.7 Å². The van der Waals surface area contributed by atoms with E-state index >= 15 is 0 Å². The van der Waals surface area contributed by atoms with Crippen LogP contribution in [0.3, 0.4) is 0 Å². The van der Waals surface area contributed by atoms with Crippen LogP contribution in [0.25, 0.3) is 0 Å². The molecule has 20 heavy (non-hydrogen) atoms. The van der Waals surface area contributed by atoms with Crippen molar-refractivity contribution in [1.29, 1.82) is 0 Å². The zero-order valence-electron chi connectivity index (χ0n) is 10.6. The molecule has 104 valence electrons. The highest BCUT2D eigenvalue weighted by Gasteiger charge is 2.36. The minimum absolute atomic E-state index is 0.210. The Bertz CT molecular complexity index is 616. The van der Waals surface area contributed by atoms with E-state index in [9.17, 15) is 14.3 Å². The number of benzene rings is 1. The average molecular weight is 295 g/mol. The molecule has 2 rings (SSSR count). The van der Waals surface area contributed by atoms with Gasteiger partial charge < -0.3 is 10.4 Å². The third kappa shape index (κ3) is 2.88. The zero-order valence-corrected chi connectivity index (χ0v) is 11.4. The van der Waals surface area contributed by atoms with Gasteiger partial charge in [-0.2, -0.15) is 0 Å². The zero-order chi connectivity index (χ0) is 14.8. The van der Waals surface area contributed by atoms with E-state index in [1.54, 1.807) is 24.3 Å². The van der Waals surface area contributed by atoms with Crippen LogP contribution in [0.2, 0.25) is 5.02 Å². The lowest BCUT2D eigenvalue weighted by Gasteiger charge is -2.26. The average Bonchev–Trinajstić information content (AvgIpc) is 2.42. The van der Waals surface area contributed by atoms with Gasteiger partial charge in [0.15, 0.2) is 5.54 Å². The summed E-state index contributed by atoms with van der Waals surface area (Å²) in [5, 5.41) is 12.9. The summed E-state index contributed by atoms with van der Waals surface area (Å²) in [6.45, 7) is 1.46. The van der Waals surface area contributed by atoms with Crippen LogP contribution in [0.1, 0.15) is 12.6 Å². The number of hydrogen-bond donors (Lipinski definition) is 2. The fourth-order valence-electron chi connectivity index (χ4n) is 1.72. The number of aromatic nitrogens is 1. The Labute approximate surface area is 120 Å². The second kappa shape index (κ2) is 5.46. The maximum absolute atomic E-state index is 12.9. The van der Waals surface area contributed by atoms with E-state index in [0.29, 0.717) is 10.7 Å². The molecule has 0 saturated carbocycles. The predicted molar refractivity (Wildman–Crippen MR) is 74.3 cm³/mol. The summed E-state index contributed by atoms with van der Waals surface area (Å²) in [5.74, 6) is -1.64. The Balaban J connectivity index is 2.37. The first-order valence-corrected chi connectivity index (χ1v) is 6.19. The molecule has 6 heteroatoms. The number of pyridine rings is 1. The van der Waals surface area contributed by atoms with E-state index in [1.165, 1.54) is 19.1 Å². The molecule has 0 amide bonds. The number of carboxylic acids is 1. The van der Waals surface area contributed by atoms with Crippen LogP contribution in [0.15, 0.2) is 42.6 Å². The Kier molecular flexibility index (Phi) is 3.90. The molecule has 0 saturated heterocycles. The van der Waals surface area contributed by atoms with Crippen molar-refractivity contribution in [2.45, 2.75) is 12.5 Å². The Hall–Kier alpha value is -2.14. The molecule has 0 radical (unpaired) electrons. The Morgan fingerprint density at radius 2 is 1.95 bits per heavy atom. The lowest BCUT2D eigenvalue weighted by Crippen LogP contribution is -2.41. The van der Waals surface area contributed by atoms with Gasteiger partial charge in [-0.15, -0.1) is 0 Å². The SMILES string of the molecule is CC(Nc1ccc(Cl)cc1)(C(=O)O)c1ccc(F)cn1. The molecule has 1 aromatic carbocycles. The fourth-order valence-corrected chi connectivity index (χ4v) is 1.85. The summed E-state index contributed by atoms with van der Waals surface area (Å²) in [7, 11) is 0. The molecule has 0 aliphatic carbocycles. The van der Waals surface area contributed by atoms with Crippen molar-refractivity contribution in [2.24, 2.45) is 0 Å². The number of aliphatic carboxylic acids is 1. The highest BCUT2D eigenvalue weighted by molar-refractivity contribution is 6.30. The molecule has 2 aromatic rings. The maximum Gasteiger partial charge on any atom is 0.335 e. The predicted octanol–water partition coefficient (Wildman–Crippen LogP) is 3.29. The lowest BCUT2D eigenvalue weighted by molar-refractivity contribution is -0.142. The van der Waals surface area contributed by atoms with Crippen LogP contribution in [-0.2, 0) is 10.3 Å². The minimum Gasteiger partial charge on any atom is -0.479 e. The fraction of sp³-hybridized carbons (Fsp3) is 0.143. The Morgan fingerprint density at radius 3 is 2.45 bits per heavy atom. The van der Waals surface area contributed by atoms with E-state index in [0.717, 1.165) is 6.20 Å². The second-order valence-corrected chi connectivity index (χ2v) is 4.86. The smallest absolute Gasteiger partial charge is 0.335 e. The van der Waals surface area contributed by atoms with E-state index in [-0.39, 0.29) is 5.69 Å². The van der Waals surface area contributed by atoms with Crippen LogP contribution in [0.4, 0.5) is 10.1 Å². The highest BCUT2D eigenvalue weighted by atomic mass is 35.5. The van der Waals surface area contributed by atoms with Crippen molar-refractivity contribution in [3.63, 3.8) is 0 Å². The molecule has 0 bridgehead atoms. The highest BCUT2D eigenvalue weighted by Crippen LogP contribution is 2.26. The topological polar surface area (TPSA) is 62.2 Å². The van der Waals surface area contributed by atoms with Gasteiger partial charge in [-0.3, -0.25) is 4.98 Å². The van der Waals surface area contributed by atoms with Crippen molar-refractivity contribution in [3.8, 4) is 0 Å². The molecule has 1 unspecified atom stereocenters. The van der Waals surface area contributed by atoms with Crippen molar-refractivity contribution >= 4 is 23.3 Å². The number of carbonyl (C=O) groups is 1. The van der Waals surface area contributed by atoms with Gasteiger partial charge in [0.25, 0.3) is 0 Å². The molecule has 1 heterocycles. The molecule has 2 N–H and O–H groups in total. The van der Waals surface area contributed by atoms with Crippen LogP contribution in [0.5, 0.6) is 0 Å². The monoisotopic (exact) mass is 294 g/mol. The summed E-state index contributed by atoms with van der Waals surface area (Å²) in [6, 6.07) is 9.12. The van der Waals surface area contributed by atoms with Crippen LogP contribution < -0.4 is 5.32 Å². The number of carboxylic acid groups (broad SMARTS) is 1. The van der Waals surface area contributed by atoms with Crippen molar-refractivity contribution in [1.82, 2.24) is 4.98 Å². The molecular formula is C14H12ClFN2O2. The van der Waals surface area contributed by atoms with Crippen molar-refractivity contribution < 1.29 is 14.3 Å². The minimum atomic E-state index is -1.47. The maximum atomic E-state index is 12.9. The van der Waals surface area contributed by atoms with Gasteiger partial charge in [0.05, 0.1) is 11.9 Å². The third-order valence-corrected chi connectivity index (χ3v) is 3.16. The standard InChI is InChI=1S/C14H12ClFN2O2/c1-14(13(19)20,12-7-4-10(16)8-17-12)18-11-5-2-9(15)3-6-11/h2-8,18H,1H3,(H,19,20). The molecular weight excluding hydrogens is 283 g/mol. The van der Waals surface area contributed by atoms with Gasteiger partial charge in [-0.05, 0) is 43.3 Å². The molecule has 0 aliphatic heterocycles. The number of anilines is 1. The van der Waals surface area contributed by atoms with Gasteiger partial charge in [-0.25, -0.2) is 9.18 Å². The van der Waals surface area contributed by atoms with E-state index in [2.05, 4.69) is 10.3 Å². The first kappa shape index (κ1) is 14.3. The normalized spacial score (nSPS) is 13.6. The van der Waals surface area contributed by atoms with Gasteiger partial charge >= 0.3 is 5.97 Å². The third-order valence-electron chi connectivity index (χ3n) is 2.91. The molecule has 1 atom stereocenters. The largest absolute Gasteiger partial charge is 0.479 e. The van der Waals surface area contributed by atoms with Crippen molar-refractivity contribution in [2.75, 3.05) is 5.32 Å². The van der Waals surface area contributed by atoms with Crippen LogP contribution in [0, 0.1) is 5.82 Å². The van der Waals surface area contributed by atoms with E-state index in [4.69, 9.17) is 11.6 Å². The summed E-state index contributed by atoms with van der Waals surface area (Å²) in [6.07, 6.45) is 0.986. The van der Waals surface area contributed by atoms with E-state index in [1.807, 2.05) is 0 Å². The molecule has 4 nitrogen and oxygen atoms in total. The second-order valence-electron chi connectivity index (χ2n) is 4.42. The summed E-state index contributed by atoms with van der Waals surface area (Å²) in [5.41, 5.74) is -0.687. The summed E-state index contributed by atoms with van der Waals surface area (Å²) < 4.78 is 12.9. The molecule has 1 aromatic heterocycles. The number of nitrogens with one attached hydrogen (secondary N) is 1. The molecule has 0 spiro atoms. The van der Waals surface area contributed by atoms with E-state index < -0.39 is 17.3 Å². The Morgan fingerprint density at radius 1 is 1.30 bits per heavy atom. The number of nitrogens with zero attached hydrogens (tertiary/aromatic N) is 1. The van der Waals surface area contributed by atoms with Gasteiger partial charge in [0.1, 0.15) is 5.82 Å². The first-order chi connectivity index (χ1) is 9.41. The summed E-state index contributed by atoms with van der Waals surface area (Å²) >= 11 is 5.78. The van der Waals surface area contributed by atoms with Crippen LogP contribution in [-0.4, -0.2) is 16.1 Å². The summed E-state index contributed by atoms with van der Waals surface area (Å²) in [4.78, 5) is 15.4. The first-order valence-electron chi connectivity index (χ1n) is 5.81. The lowest BCUT2D eigenvalue weighted by atomic mass is 9.96. The number of rotatable bonds is 4. The van der Waals surface area contributed by atoms with Gasteiger partial charge in [0.2, 0.25) is 0 Å². The number of hydrogen-bond acceptors (Lipinski definition) is 3. The van der Waals surface area contributed by atoms with Gasteiger partial charge in [-0.1, -0.05) is 11.6 Å². The van der Waals surface area contributed by atoms with Crippen molar-refractivity contribution in [3.05, 3.63) is 59.1 Å². The number of halogens is 2. The molecule has 0 aliphatic rings. The molecule has 0 fully saturated rings. The quantitative estimate of drug-likeness (QED) is 0.908.